The van der Waals surface area contributed by atoms with Gasteiger partial charge in [-0.25, -0.2) is 0 Å². The predicted octanol–water partition coefficient (Wildman–Crippen LogP) is 2.49. The minimum Gasteiger partial charge on any atom is -0.383 e. The minimum absolute atomic E-state index is 0.111. The Morgan fingerprint density at radius 2 is 2.00 bits per heavy atom. The van der Waals surface area contributed by atoms with Crippen LogP contribution in [0.1, 0.15) is 17.3 Å². The average molecular weight is 256 g/mol. The second kappa shape index (κ2) is 7.43. The molecule has 0 aliphatic heterocycles. The van der Waals surface area contributed by atoms with Gasteiger partial charge in [-0.3, -0.25) is 9.69 Å². The van der Waals surface area contributed by atoms with Crippen LogP contribution in [0.4, 0.5) is 0 Å². The molecule has 1 aromatic carbocycles. The molecule has 0 saturated heterocycles. The molecule has 4 heteroatoms. The number of halogens is 1. The van der Waals surface area contributed by atoms with Crippen LogP contribution >= 0.6 is 11.6 Å². The van der Waals surface area contributed by atoms with Gasteiger partial charge < -0.3 is 4.74 Å². The highest BCUT2D eigenvalue weighted by Crippen LogP contribution is 2.10. The maximum absolute atomic E-state index is 12.0. The van der Waals surface area contributed by atoms with Crippen molar-refractivity contribution in [3.63, 3.8) is 0 Å². The monoisotopic (exact) mass is 255 g/mol. The van der Waals surface area contributed by atoms with E-state index in [2.05, 4.69) is 4.90 Å². The van der Waals surface area contributed by atoms with Gasteiger partial charge in [-0.2, -0.15) is 0 Å². The lowest BCUT2D eigenvalue weighted by Gasteiger charge is -2.18. The highest BCUT2D eigenvalue weighted by atomic mass is 35.5. The number of rotatable bonds is 7. The Hall–Kier alpha value is -0.900. The van der Waals surface area contributed by atoms with E-state index in [0.717, 1.165) is 13.1 Å². The lowest BCUT2D eigenvalue weighted by Crippen LogP contribution is -2.32. The topological polar surface area (TPSA) is 29.5 Å². The van der Waals surface area contributed by atoms with Gasteiger partial charge in [0, 0.05) is 24.2 Å². The van der Waals surface area contributed by atoms with Crippen molar-refractivity contribution in [1.82, 2.24) is 4.90 Å². The van der Waals surface area contributed by atoms with Crippen molar-refractivity contribution >= 4 is 17.4 Å². The third-order valence-corrected chi connectivity index (χ3v) is 2.84. The number of methoxy groups -OCH3 is 1. The molecule has 0 atom stereocenters. The highest BCUT2D eigenvalue weighted by Gasteiger charge is 2.10. The fourth-order valence-corrected chi connectivity index (χ4v) is 1.63. The van der Waals surface area contributed by atoms with E-state index >= 15 is 0 Å². The predicted molar refractivity (Wildman–Crippen MR) is 69.8 cm³/mol. The summed E-state index contributed by atoms with van der Waals surface area (Å²) >= 11 is 5.78. The Morgan fingerprint density at radius 1 is 1.35 bits per heavy atom. The van der Waals surface area contributed by atoms with E-state index in [9.17, 15) is 4.79 Å². The number of hydrogen-bond acceptors (Lipinski definition) is 3. The highest BCUT2D eigenvalue weighted by molar-refractivity contribution is 6.30. The molecule has 0 amide bonds. The van der Waals surface area contributed by atoms with E-state index in [-0.39, 0.29) is 5.78 Å². The van der Waals surface area contributed by atoms with Crippen molar-refractivity contribution < 1.29 is 9.53 Å². The summed E-state index contributed by atoms with van der Waals surface area (Å²) in [6.07, 6.45) is 0. The summed E-state index contributed by atoms with van der Waals surface area (Å²) in [4.78, 5) is 14.0. The summed E-state index contributed by atoms with van der Waals surface area (Å²) in [6, 6.07) is 6.99. The Morgan fingerprint density at radius 3 is 2.53 bits per heavy atom. The van der Waals surface area contributed by atoms with E-state index in [1.165, 1.54) is 0 Å². The lowest BCUT2D eigenvalue weighted by molar-refractivity contribution is 0.0902. The summed E-state index contributed by atoms with van der Waals surface area (Å²) in [5.74, 6) is 0.111. The largest absolute Gasteiger partial charge is 0.383 e. The molecular formula is C13H18ClNO2. The van der Waals surface area contributed by atoms with Gasteiger partial charge in [0.15, 0.2) is 5.78 Å². The summed E-state index contributed by atoms with van der Waals surface area (Å²) in [7, 11) is 1.66. The lowest BCUT2D eigenvalue weighted by atomic mass is 10.1. The molecule has 0 fully saturated rings. The van der Waals surface area contributed by atoms with Crippen LogP contribution in [0.3, 0.4) is 0 Å². The van der Waals surface area contributed by atoms with Gasteiger partial charge in [0.2, 0.25) is 0 Å². The molecule has 1 rings (SSSR count). The fourth-order valence-electron chi connectivity index (χ4n) is 1.50. The van der Waals surface area contributed by atoms with Crippen molar-refractivity contribution in [2.24, 2.45) is 0 Å². The minimum atomic E-state index is 0.111. The van der Waals surface area contributed by atoms with Crippen LogP contribution in [0.2, 0.25) is 5.02 Å². The molecule has 3 nitrogen and oxygen atoms in total. The van der Waals surface area contributed by atoms with Gasteiger partial charge in [0.25, 0.3) is 0 Å². The standard InChI is InChI=1S/C13H18ClNO2/c1-3-15(8-9-17-2)10-13(16)11-4-6-12(14)7-5-11/h4-7H,3,8-10H2,1-2H3. The van der Waals surface area contributed by atoms with Gasteiger partial charge in [0.1, 0.15) is 0 Å². The SMILES string of the molecule is CCN(CCOC)CC(=O)c1ccc(Cl)cc1. The fraction of sp³-hybridized carbons (Fsp3) is 0.462. The van der Waals surface area contributed by atoms with Crippen molar-refractivity contribution in [1.29, 1.82) is 0 Å². The first-order valence-corrected chi connectivity index (χ1v) is 6.05. The van der Waals surface area contributed by atoms with Gasteiger partial charge >= 0.3 is 0 Å². The van der Waals surface area contributed by atoms with E-state index < -0.39 is 0 Å². The maximum Gasteiger partial charge on any atom is 0.176 e. The van der Waals surface area contributed by atoms with Crippen LogP contribution < -0.4 is 0 Å². The van der Waals surface area contributed by atoms with Crippen molar-refractivity contribution in [3.8, 4) is 0 Å². The van der Waals surface area contributed by atoms with Crippen LogP contribution in [0.25, 0.3) is 0 Å². The molecule has 0 radical (unpaired) electrons. The third kappa shape index (κ3) is 4.86. The Kier molecular flexibility index (Phi) is 6.19. The van der Waals surface area contributed by atoms with Gasteiger partial charge in [-0.1, -0.05) is 18.5 Å². The smallest absolute Gasteiger partial charge is 0.176 e. The number of nitrogens with zero attached hydrogens (tertiary/aromatic N) is 1. The molecule has 0 bridgehead atoms. The number of likely N-dealkylation sites (N-methyl/N-ethyl adjacent to an activating group) is 1. The van der Waals surface area contributed by atoms with Crippen LogP contribution in [0.15, 0.2) is 24.3 Å². The molecular weight excluding hydrogens is 238 g/mol. The second-order valence-corrected chi connectivity index (χ2v) is 4.23. The van der Waals surface area contributed by atoms with Crippen molar-refractivity contribution in [3.05, 3.63) is 34.9 Å². The normalized spacial score (nSPS) is 10.8. The Bertz CT molecular complexity index is 351. The molecule has 0 unspecified atom stereocenters. The van der Waals surface area contributed by atoms with E-state index in [4.69, 9.17) is 16.3 Å². The average Bonchev–Trinajstić information content (AvgIpc) is 2.35. The molecule has 0 aromatic heterocycles. The summed E-state index contributed by atoms with van der Waals surface area (Å²) in [5.41, 5.74) is 0.699. The Labute approximate surface area is 107 Å². The molecule has 0 spiro atoms. The molecule has 0 aliphatic rings. The van der Waals surface area contributed by atoms with E-state index in [0.29, 0.717) is 23.7 Å². The summed E-state index contributed by atoms with van der Waals surface area (Å²) in [5, 5.41) is 0.647. The molecule has 1 aromatic rings. The number of carbonyl (C=O) groups is 1. The number of hydrogen-bond donors (Lipinski definition) is 0. The second-order valence-electron chi connectivity index (χ2n) is 3.79. The maximum atomic E-state index is 12.0. The number of ether oxygens (including phenoxy) is 1. The quantitative estimate of drug-likeness (QED) is 0.701. The molecule has 94 valence electrons. The Balaban J connectivity index is 2.54. The first kappa shape index (κ1) is 14.2. The van der Waals surface area contributed by atoms with Crippen molar-refractivity contribution in [2.75, 3.05) is 33.4 Å². The molecule has 0 saturated carbocycles. The van der Waals surface area contributed by atoms with Gasteiger partial charge in [-0.05, 0) is 30.8 Å². The third-order valence-electron chi connectivity index (χ3n) is 2.59. The van der Waals surface area contributed by atoms with Gasteiger partial charge in [-0.15, -0.1) is 0 Å². The first-order valence-electron chi connectivity index (χ1n) is 5.67. The molecule has 0 heterocycles. The first-order chi connectivity index (χ1) is 8.17. The number of carbonyl (C=O) groups excluding carboxylic acids is 1. The van der Waals surface area contributed by atoms with Crippen LogP contribution in [-0.4, -0.2) is 44.0 Å². The van der Waals surface area contributed by atoms with Crippen LogP contribution in [0, 0.1) is 0 Å². The van der Waals surface area contributed by atoms with Crippen LogP contribution in [-0.2, 0) is 4.74 Å². The number of Topliss-reactive ketones (excluding diaryl/α,β-unsaturated/α-hetero) is 1. The molecule has 0 N–H and O–H groups in total. The molecule has 17 heavy (non-hydrogen) atoms. The number of ketones is 1. The zero-order chi connectivity index (χ0) is 12.7. The summed E-state index contributed by atoms with van der Waals surface area (Å²) < 4.78 is 5.01. The summed E-state index contributed by atoms with van der Waals surface area (Å²) in [6.45, 7) is 4.70. The van der Waals surface area contributed by atoms with E-state index in [1.807, 2.05) is 6.92 Å². The van der Waals surface area contributed by atoms with Gasteiger partial charge in [0.05, 0.1) is 13.2 Å². The van der Waals surface area contributed by atoms with E-state index in [1.54, 1.807) is 31.4 Å². The zero-order valence-electron chi connectivity index (χ0n) is 10.3. The zero-order valence-corrected chi connectivity index (χ0v) is 11.0. The van der Waals surface area contributed by atoms with Crippen LogP contribution in [0.5, 0.6) is 0 Å². The number of benzene rings is 1. The molecule has 0 aliphatic carbocycles. The van der Waals surface area contributed by atoms with Crippen molar-refractivity contribution in [2.45, 2.75) is 6.92 Å².